The zero-order chi connectivity index (χ0) is 18.5. The Morgan fingerprint density at radius 1 is 1.38 bits per heavy atom. The summed E-state index contributed by atoms with van der Waals surface area (Å²) in [6.45, 7) is 3.00. The first-order chi connectivity index (χ1) is 12.6. The van der Waals surface area contributed by atoms with Crippen molar-refractivity contribution in [2.75, 3.05) is 36.2 Å². The molecule has 1 atom stereocenters. The van der Waals surface area contributed by atoms with Gasteiger partial charge in [0.05, 0.1) is 12.5 Å². The molecule has 0 unspecified atom stereocenters. The van der Waals surface area contributed by atoms with Crippen molar-refractivity contribution in [1.29, 1.82) is 0 Å². The Labute approximate surface area is 160 Å². The minimum atomic E-state index is -0.391. The van der Waals surface area contributed by atoms with Gasteiger partial charge in [-0.05, 0) is 19.1 Å². The summed E-state index contributed by atoms with van der Waals surface area (Å²) in [7, 11) is 1.65. The van der Waals surface area contributed by atoms with Crippen molar-refractivity contribution >= 4 is 45.7 Å². The number of aromatic nitrogens is 2. The van der Waals surface area contributed by atoms with Gasteiger partial charge in [0.25, 0.3) is 0 Å². The third kappa shape index (κ3) is 4.60. The van der Waals surface area contributed by atoms with Crippen LogP contribution < -0.4 is 10.2 Å². The van der Waals surface area contributed by atoms with E-state index >= 15 is 0 Å². The Hall–Kier alpha value is -1.97. The molecule has 2 aromatic rings. The Balaban J connectivity index is 1.57. The fourth-order valence-corrected chi connectivity index (χ4v) is 4.32. The van der Waals surface area contributed by atoms with Crippen LogP contribution in [0.3, 0.4) is 0 Å². The van der Waals surface area contributed by atoms with E-state index in [1.165, 1.54) is 23.1 Å². The van der Waals surface area contributed by atoms with Crippen molar-refractivity contribution < 1.29 is 14.3 Å². The fraction of sp³-hybridized carbons (Fsp3) is 0.412. The first-order valence-corrected chi connectivity index (χ1v) is 10.00. The monoisotopic (exact) mass is 392 g/mol. The molecule has 26 heavy (non-hydrogen) atoms. The summed E-state index contributed by atoms with van der Waals surface area (Å²) in [5.41, 5.74) is 1.95. The molecule has 1 aromatic carbocycles. The summed E-state index contributed by atoms with van der Waals surface area (Å²) in [5.74, 6) is 0.152. The number of nitrogens with zero attached hydrogens (tertiary/aromatic N) is 3. The topological polar surface area (TPSA) is 84.4 Å². The number of hydrogen-bond acceptors (Lipinski definition) is 7. The lowest BCUT2D eigenvalue weighted by Crippen LogP contribution is -2.28. The molecule has 1 aliphatic heterocycles. The molecule has 1 aliphatic rings. The van der Waals surface area contributed by atoms with Crippen LogP contribution in [-0.2, 0) is 14.3 Å². The molecule has 1 aromatic heterocycles. The predicted molar refractivity (Wildman–Crippen MR) is 103 cm³/mol. The lowest BCUT2D eigenvalue weighted by atomic mass is 10.1. The second-order valence-corrected chi connectivity index (χ2v) is 8.26. The highest BCUT2D eigenvalue weighted by molar-refractivity contribution is 8.01. The Morgan fingerprint density at radius 2 is 2.15 bits per heavy atom. The molecule has 138 valence electrons. The summed E-state index contributed by atoms with van der Waals surface area (Å²) in [6.07, 6.45) is 0.202. The quantitative estimate of drug-likeness (QED) is 0.443. The number of carbonyl (C=O) groups is 2. The van der Waals surface area contributed by atoms with Crippen molar-refractivity contribution in [3.05, 3.63) is 29.8 Å². The third-order valence-corrected chi connectivity index (χ3v) is 5.93. The van der Waals surface area contributed by atoms with Crippen molar-refractivity contribution in [2.45, 2.75) is 17.7 Å². The summed E-state index contributed by atoms with van der Waals surface area (Å²) in [5, 5.41) is 11.3. The summed E-state index contributed by atoms with van der Waals surface area (Å²) in [4.78, 5) is 26.4. The highest BCUT2D eigenvalue weighted by atomic mass is 32.2. The average molecular weight is 393 g/mol. The van der Waals surface area contributed by atoms with Crippen LogP contribution in [0.1, 0.15) is 12.0 Å². The minimum Gasteiger partial charge on any atom is -0.384 e. The maximum atomic E-state index is 12.5. The number of nitrogens with one attached hydrogen (secondary N) is 1. The normalized spacial score (nSPS) is 16.9. The first kappa shape index (κ1) is 18.8. The second kappa shape index (κ2) is 8.61. The number of ether oxygens (including phenoxy) is 1. The number of aryl methyl sites for hydroxylation is 1. The van der Waals surface area contributed by atoms with Crippen LogP contribution in [-0.4, -0.2) is 48.0 Å². The molecule has 0 spiro atoms. The molecule has 1 N–H and O–H groups in total. The van der Waals surface area contributed by atoms with Gasteiger partial charge < -0.3 is 15.0 Å². The van der Waals surface area contributed by atoms with Crippen LogP contribution in [0.4, 0.5) is 10.8 Å². The van der Waals surface area contributed by atoms with Gasteiger partial charge in [-0.25, -0.2) is 0 Å². The third-order valence-electron chi connectivity index (χ3n) is 3.99. The minimum absolute atomic E-state index is 0.0397. The summed E-state index contributed by atoms with van der Waals surface area (Å²) >= 11 is 2.86. The zero-order valence-corrected chi connectivity index (χ0v) is 16.2. The largest absolute Gasteiger partial charge is 0.384 e. The van der Waals surface area contributed by atoms with E-state index in [0.717, 1.165) is 21.3 Å². The number of hydrogen-bond donors (Lipinski definition) is 1. The van der Waals surface area contributed by atoms with Crippen molar-refractivity contribution in [2.24, 2.45) is 5.92 Å². The SMILES string of the molecule is COCCSc1nnc(NC(=O)[C@H]2CC(=O)N(c3ccc(C)cc3)C2)s1. The molecular weight excluding hydrogens is 372 g/mol. The van der Waals surface area contributed by atoms with Crippen LogP contribution in [0.15, 0.2) is 28.6 Å². The number of benzene rings is 1. The van der Waals surface area contributed by atoms with E-state index in [-0.39, 0.29) is 18.2 Å². The molecule has 0 saturated carbocycles. The number of carbonyl (C=O) groups excluding carboxylic acids is 2. The average Bonchev–Trinajstić information content (AvgIpc) is 3.23. The van der Waals surface area contributed by atoms with Crippen molar-refractivity contribution in [1.82, 2.24) is 10.2 Å². The highest BCUT2D eigenvalue weighted by Gasteiger charge is 2.35. The zero-order valence-electron chi connectivity index (χ0n) is 14.6. The Kier molecular flexibility index (Phi) is 6.23. The number of thioether (sulfide) groups is 1. The van der Waals surface area contributed by atoms with Gasteiger partial charge in [-0.2, -0.15) is 0 Å². The molecule has 1 fully saturated rings. The molecule has 0 radical (unpaired) electrons. The fourth-order valence-electron chi connectivity index (χ4n) is 2.60. The molecule has 2 heterocycles. The molecule has 1 saturated heterocycles. The van der Waals surface area contributed by atoms with E-state index in [9.17, 15) is 9.59 Å². The molecule has 3 rings (SSSR count). The van der Waals surface area contributed by atoms with Crippen LogP contribution >= 0.6 is 23.1 Å². The lowest BCUT2D eigenvalue weighted by molar-refractivity contribution is -0.122. The number of anilines is 2. The van der Waals surface area contributed by atoms with Crippen LogP contribution in [0.5, 0.6) is 0 Å². The van der Waals surface area contributed by atoms with E-state index in [2.05, 4.69) is 15.5 Å². The molecule has 7 nitrogen and oxygen atoms in total. The molecule has 0 aliphatic carbocycles. The predicted octanol–water partition coefficient (Wildman–Crippen LogP) is 2.58. The van der Waals surface area contributed by atoms with Gasteiger partial charge in [0.15, 0.2) is 4.34 Å². The second-order valence-electron chi connectivity index (χ2n) is 5.94. The van der Waals surface area contributed by atoms with Crippen molar-refractivity contribution in [3.8, 4) is 0 Å². The number of rotatable bonds is 7. The molecule has 9 heteroatoms. The van der Waals surface area contributed by atoms with Crippen molar-refractivity contribution in [3.63, 3.8) is 0 Å². The van der Waals surface area contributed by atoms with E-state index in [1.54, 1.807) is 12.0 Å². The summed E-state index contributed by atoms with van der Waals surface area (Å²) < 4.78 is 5.77. The van der Waals surface area contributed by atoms with Crippen LogP contribution in [0.25, 0.3) is 0 Å². The van der Waals surface area contributed by atoms with Gasteiger partial charge >= 0.3 is 0 Å². The van der Waals surface area contributed by atoms with Crippen LogP contribution in [0, 0.1) is 12.8 Å². The number of methoxy groups -OCH3 is 1. The summed E-state index contributed by atoms with van der Waals surface area (Å²) in [6, 6.07) is 7.73. The lowest BCUT2D eigenvalue weighted by Gasteiger charge is -2.16. The Morgan fingerprint density at radius 3 is 2.88 bits per heavy atom. The van der Waals surface area contributed by atoms with E-state index in [0.29, 0.717) is 18.3 Å². The van der Waals surface area contributed by atoms with E-state index in [1.807, 2.05) is 31.2 Å². The highest BCUT2D eigenvalue weighted by Crippen LogP contribution is 2.28. The van der Waals surface area contributed by atoms with E-state index in [4.69, 9.17) is 4.74 Å². The van der Waals surface area contributed by atoms with Gasteiger partial charge in [-0.1, -0.05) is 40.8 Å². The smallest absolute Gasteiger partial charge is 0.231 e. The van der Waals surface area contributed by atoms with Gasteiger partial charge in [-0.15, -0.1) is 10.2 Å². The van der Waals surface area contributed by atoms with E-state index < -0.39 is 5.92 Å². The molecule has 2 amide bonds. The maximum absolute atomic E-state index is 12.5. The number of amides is 2. The Bertz CT molecular complexity index is 779. The molecule has 0 bridgehead atoms. The van der Waals surface area contributed by atoms with Gasteiger partial charge in [0.2, 0.25) is 16.9 Å². The van der Waals surface area contributed by atoms with Gasteiger partial charge in [-0.3, -0.25) is 9.59 Å². The maximum Gasteiger partial charge on any atom is 0.231 e. The van der Waals surface area contributed by atoms with Crippen LogP contribution in [0.2, 0.25) is 0 Å². The first-order valence-electron chi connectivity index (χ1n) is 8.20. The van der Waals surface area contributed by atoms with Gasteiger partial charge in [0, 0.05) is 31.5 Å². The standard InChI is InChI=1S/C17H20N4O3S2/c1-11-3-5-13(6-4-11)21-10-12(9-14(21)22)15(23)18-16-19-20-17(26-16)25-8-7-24-2/h3-6,12H,7-10H2,1-2H3,(H,18,19,23)/t12-/m0/s1. The molecular formula is C17H20N4O3S2. The van der Waals surface area contributed by atoms with Gasteiger partial charge in [0.1, 0.15) is 0 Å².